The van der Waals surface area contributed by atoms with Crippen LogP contribution in [-0.4, -0.2) is 32.6 Å². The molecule has 7 heteroatoms. The number of carbonyl (C=O) groups excluding carboxylic acids is 1. The summed E-state index contributed by atoms with van der Waals surface area (Å²) in [5.41, 5.74) is 2.31. The third-order valence-electron chi connectivity index (χ3n) is 3.79. The highest BCUT2D eigenvalue weighted by molar-refractivity contribution is 8.18. The van der Waals surface area contributed by atoms with Gasteiger partial charge in [-0.05, 0) is 54.9 Å². The van der Waals surface area contributed by atoms with E-state index < -0.39 is 0 Å². The normalized spacial score (nSPS) is 18.1. The highest BCUT2D eigenvalue weighted by Gasteiger charge is 2.34. The van der Waals surface area contributed by atoms with E-state index in [-0.39, 0.29) is 11.7 Å². The summed E-state index contributed by atoms with van der Waals surface area (Å²) in [5.74, 6) is 0.110. The molecule has 5 nitrogen and oxygen atoms in total. The highest BCUT2D eigenvalue weighted by Crippen LogP contribution is 2.38. The lowest BCUT2D eigenvalue weighted by Gasteiger charge is -2.12. The van der Waals surface area contributed by atoms with Crippen LogP contribution in [0.5, 0.6) is 5.75 Å². The van der Waals surface area contributed by atoms with Crippen LogP contribution in [0.1, 0.15) is 19.4 Å². The van der Waals surface area contributed by atoms with E-state index in [1.165, 1.54) is 18.0 Å². The van der Waals surface area contributed by atoms with Crippen molar-refractivity contribution in [2.24, 2.45) is 4.99 Å². The molecule has 0 atom stereocenters. The quantitative estimate of drug-likeness (QED) is 0.807. The maximum Gasteiger partial charge on any atom is 0.267 e. The number of benzene rings is 1. The van der Waals surface area contributed by atoms with Crippen LogP contribution in [0.4, 0.5) is 5.69 Å². The Morgan fingerprint density at radius 3 is 2.68 bits per heavy atom. The molecule has 1 fully saturated rings. The standard InChI is InChI=1S/C18H16ClN3O2S/c1-3-22-17(24)16(11(2)12-4-6-13(23)7-5-12)25-18(22)21-15-8-9-20-10-14(15)19/h4-10,23H,3H2,1-2H3/b16-11-,21-18?. The molecule has 3 rings (SSSR count). The van der Waals surface area contributed by atoms with Crippen molar-refractivity contribution in [3.63, 3.8) is 0 Å². The Bertz CT molecular complexity index is 878. The van der Waals surface area contributed by atoms with Gasteiger partial charge in [-0.25, -0.2) is 4.99 Å². The van der Waals surface area contributed by atoms with Gasteiger partial charge in [-0.15, -0.1) is 0 Å². The molecule has 2 aromatic rings. The molecule has 1 aromatic carbocycles. The summed E-state index contributed by atoms with van der Waals surface area (Å²) in [6.07, 6.45) is 3.14. The van der Waals surface area contributed by atoms with Gasteiger partial charge in [0.15, 0.2) is 5.17 Å². The van der Waals surface area contributed by atoms with Crippen LogP contribution in [0.3, 0.4) is 0 Å². The second-order valence-corrected chi connectivity index (χ2v) is 6.76. The zero-order valence-electron chi connectivity index (χ0n) is 13.7. The van der Waals surface area contributed by atoms with Gasteiger partial charge in [0.1, 0.15) is 5.75 Å². The van der Waals surface area contributed by atoms with Crippen LogP contribution in [0.15, 0.2) is 52.6 Å². The van der Waals surface area contributed by atoms with Crippen molar-refractivity contribution in [1.29, 1.82) is 0 Å². The van der Waals surface area contributed by atoms with E-state index in [0.29, 0.717) is 27.3 Å². The van der Waals surface area contributed by atoms with Gasteiger partial charge in [-0.2, -0.15) is 0 Å². The molecule has 1 N–H and O–H groups in total. The first kappa shape index (κ1) is 17.5. The van der Waals surface area contributed by atoms with Gasteiger partial charge in [-0.1, -0.05) is 23.7 Å². The van der Waals surface area contributed by atoms with E-state index in [0.717, 1.165) is 11.1 Å². The van der Waals surface area contributed by atoms with Crippen LogP contribution in [0.2, 0.25) is 5.02 Å². The molecule has 1 aliphatic rings. The predicted octanol–water partition coefficient (Wildman–Crippen LogP) is 4.45. The van der Waals surface area contributed by atoms with Gasteiger partial charge in [-0.3, -0.25) is 14.7 Å². The number of amides is 1. The largest absolute Gasteiger partial charge is 0.508 e. The second kappa shape index (κ2) is 7.29. The van der Waals surface area contributed by atoms with E-state index in [2.05, 4.69) is 9.98 Å². The summed E-state index contributed by atoms with van der Waals surface area (Å²) >= 11 is 7.45. The molecule has 128 valence electrons. The van der Waals surface area contributed by atoms with Gasteiger partial charge >= 0.3 is 0 Å². The highest BCUT2D eigenvalue weighted by atomic mass is 35.5. The molecule has 1 amide bonds. The average Bonchev–Trinajstić information content (AvgIpc) is 2.92. The number of thioether (sulfide) groups is 1. The maximum absolute atomic E-state index is 12.8. The molecule has 0 aliphatic carbocycles. The number of aromatic hydroxyl groups is 1. The van der Waals surface area contributed by atoms with Crippen molar-refractivity contribution < 1.29 is 9.90 Å². The number of likely N-dealkylation sites (N-methyl/N-ethyl adjacent to an activating group) is 1. The minimum atomic E-state index is -0.0815. The Balaban J connectivity index is 2.01. The molecule has 1 aromatic heterocycles. The third kappa shape index (κ3) is 3.55. The van der Waals surface area contributed by atoms with Gasteiger partial charge in [0.25, 0.3) is 5.91 Å². The minimum Gasteiger partial charge on any atom is -0.508 e. The number of pyridine rings is 1. The molecular weight excluding hydrogens is 358 g/mol. The monoisotopic (exact) mass is 373 g/mol. The van der Waals surface area contributed by atoms with Gasteiger partial charge in [0, 0.05) is 18.9 Å². The first-order chi connectivity index (χ1) is 12.0. The second-order valence-electron chi connectivity index (χ2n) is 5.37. The summed E-state index contributed by atoms with van der Waals surface area (Å²) in [5, 5.41) is 10.5. The third-order valence-corrected chi connectivity index (χ3v) is 5.26. The zero-order chi connectivity index (χ0) is 18.0. The lowest BCUT2D eigenvalue weighted by molar-refractivity contribution is -0.122. The van der Waals surface area contributed by atoms with Crippen molar-refractivity contribution in [3.8, 4) is 5.75 Å². The van der Waals surface area contributed by atoms with Crippen molar-refractivity contribution in [2.75, 3.05) is 6.54 Å². The smallest absolute Gasteiger partial charge is 0.267 e. The number of amidine groups is 1. The zero-order valence-corrected chi connectivity index (χ0v) is 15.3. The number of carbonyl (C=O) groups is 1. The molecule has 0 saturated carbocycles. The van der Waals surface area contributed by atoms with Gasteiger partial charge in [0.05, 0.1) is 15.6 Å². The molecule has 1 aliphatic heterocycles. The SMILES string of the molecule is CCN1C(=O)/C(=C(\C)c2ccc(O)cc2)SC1=Nc1ccncc1Cl. The number of phenols is 1. The molecule has 25 heavy (non-hydrogen) atoms. The minimum absolute atomic E-state index is 0.0815. The molecule has 0 radical (unpaired) electrons. The van der Waals surface area contributed by atoms with Crippen molar-refractivity contribution in [1.82, 2.24) is 9.88 Å². The maximum atomic E-state index is 12.8. The Morgan fingerprint density at radius 1 is 1.32 bits per heavy atom. The Labute approximate surface area is 155 Å². The topological polar surface area (TPSA) is 65.8 Å². The number of phenolic OH excluding ortho intramolecular Hbond substituents is 1. The Morgan fingerprint density at radius 2 is 2.04 bits per heavy atom. The van der Waals surface area contributed by atoms with E-state index in [1.807, 2.05) is 13.8 Å². The van der Waals surface area contributed by atoms with Crippen LogP contribution >= 0.6 is 23.4 Å². The lowest BCUT2D eigenvalue weighted by atomic mass is 10.1. The van der Waals surface area contributed by atoms with Crippen LogP contribution in [0, 0.1) is 0 Å². The lowest BCUT2D eigenvalue weighted by Crippen LogP contribution is -2.28. The Hall–Kier alpha value is -2.31. The number of aliphatic imine (C=N–C) groups is 1. The number of hydrogen-bond donors (Lipinski definition) is 1. The summed E-state index contributed by atoms with van der Waals surface area (Å²) < 4.78 is 0. The number of hydrogen-bond acceptors (Lipinski definition) is 5. The molecule has 0 unspecified atom stereocenters. The van der Waals surface area contributed by atoms with Crippen molar-refractivity contribution in [3.05, 3.63) is 58.2 Å². The Kier molecular flexibility index (Phi) is 5.11. The number of rotatable bonds is 3. The van der Waals surface area contributed by atoms with E-state index in [1.54, 1.807) is 41.4 Å². The van der Waals surface area contributed by atoms with Gasteiger partial charge < -0.3 is 5.11 Å². The van der Waals surface area contributed by atoms with E-state index in [9.17, 15) is 9.90 Å². The fourth-order valence-corrected chi connectivity index (χ4v) is 3.68. The number of aromatic nitrogens is 1. The summed E-state index contributed by atoms with van der Waals surface area (Å²) in [6, 6.07) is 8.50. The van der Waals surface area contributed by atoms with Crippen LogP contribution < -0.4 is 0 Å². The predicted molar refractivity (Wildman–Crippen MR) is 102 cm³/mol. The molecule has 1 saturated heterocycles. The summed E-state index contributed by atoms with van der Waals surface area (Å²) in [7, 11) is 0. The molecule has 2 heterocycles. The van der Waals surface area contributed by atoms with Gasteiger partial charge in [0.2, 0.25) is 0 Å². The average molecular weight is 374 g/mol. The number of allylic oxidation sites excluding steroid dienone is 1. The summed E-state index contributed by atoms with van der Waals surface area (Å²) in [4.78, 5) is 23.5. The first-order valence-electron chi connectivity index (χ1n) is 7.69. The molecular formula is C18H16ClN3O2S. The van der Waals surface area contributed by atoms with Crippen molar-refractivity contribution >= 4 is 45.7 Å². The van der Waals surface area contributed by atoms with Crippen LogP contribution in [0.25, 0.3) is 5.57 Å². The first-order valence-corrected chi connectivity index (χ1v) is 8.89. The van der Waals surface area contributed by atoms with Crippen LogP contribution in [-0.2, 0) is 4.79 Å². The van der Waals surface area contributed by atoms with E-state index in [4.69, 9.17) is 11.6 Å². The molecule has 0 spiro atoms. The van der Waals surface area contributed by atoms with E-state index >= 15 is 0 Å². The molecule has 0 bridgehead atoms. The fraction of sp³-hybridized carbons (Fsp3) is 0.167. The number of nitrogens with zero attached hydrogens (tertiary/aromatic N) is 3. The van der Waals surface area contributed by atoms with Crippen molar-refractivity contribution in [2.45, 2.75) is 13.8 Å². The number of halogens is 1. The fourth-order valence-electron chi connectivity index (χ4n) is 2.40. The summed E-state index contributed by atoms with van der Waals surface area (Å²) in [6.45, 7) is 4.31.